The van der Waals surface area contributed by atoms with Crippen LogP contribution in [0, 0.1) is 0 Å². The smallest absolute Gasteiger partial charge is 0.258 e. The van der Waals surface area contributed by atoms with E-state index in [0.29, 0.717) is 24.2 Å². The molecule has 2 atom stereocenters. The molecule has 1 saturated heterocycles. The molecule has 0 aromatic heterocycles. The summed E-state index contributed by atoms with van der Waals surface area (Å²) in [5.41, 5.74) is 0.285. The highest BCUT2D eigenvalue weighted by Crippen LogP contribution is 2.26. The van der Waals surface area contributed by atoms with E-state index in [0.717, 1.165) is 0 Å². The fraction of sp³-hybridized carbons (Fsp3) is 0.500. The molecule has 0 radical (unpaired) electrons. The molecule has 20 heavy (non-hydrogen) atoms. The second kappa shape index (κ2) is 6.45. The molecule has 5 nitrogen and oxygen atoms in total. The Morgan fingerprint density at radius 2 is 2.35 bits per heavy atom. The lowest BCUT2D eigenvalue weighted by molar-refractivity contribution is -0.0362. The zero-order valence-corrected chi connectivity index (χ0v) is 13.1. The van der Waals surface area contributed by atoms with Gasteiger partial charge in [0.25, 0.3) is 5.91 Å². The first-order valence-corrected chi connectivity index (χ1v) is 7.54. The van der Waals surface area contributed by atoms with Crippen LogP contribution in [-0.4, -0.2) is 53.7 Å². The quantitative estimate of drug-likeness (QED) is 0.853. The highest BCUT2D eigenvalue weighted by atomic mass is 79.9. The number of nitrogens with zero attached hydrogens (tertiary/aromatic N) is 1. The van der Waals surface area contributed by atoms with Crippen LogP contribution in [0.5, 0.6) is 11.5 Å². The Hall–Kier alpha value is -1.27. The van der Waals surface area contributed by atoms with Crippen molar-refractivity contribution in [2.24, 2.45) is 0 Å². The molecule has 1 aliphatic heterocycles. The normalized spacial score (nSPS) is 22.6. The first-order valence-electron chi connectivity index (χ1n) is 6.42. The van der Waals surface area contributed by atoms with Crippen LogP contribution in [0.25, 0.3) is 0 Å². The number of morpholine rings is 1. The lowest BCUT2D eigenvalue weighted by Gasteiger charge is -2.37. The Balaban J connectivity index is 2.21. The molecule has 1 aliphatic rings. The van der Waals surface area contributed by atoms with Crippen molar-refractivity contribution in [1.82, 2.24) is 4.90 Å². The first-order chi connectivity index (χ1) is 9.56. The average molecular weight is 344 g/mol. The number of halogens is 1. The van der Waals surface area contributed by atoms with Gasteiger partial charge in [-0.15, -0.1) is 0 Å². The molecule has 0 bridgehead atoms. The van der Waals surface area contributed by atoms with Crippen molar-refractivity contribution >= 4 is 21.8 Å². The van der Waals surface area contributed by atoms with Crippen LogP contribution in [0.1, 0.15) is 17.3 Å². The van der Waals surface area contributed by atoms with E-state index in [9.17, 15) is 9.90 Å². The standard InChI is InChI=1S/C14H18BrNO4/c1-9-8-20-11(6-15)7-16(9)14(18)12-4-3-10(19-2)5-13(12)17/h3-5,9,11,17H,6-8H2,1-2H3. The molecule has 6 heteroatoms. The summed E-state index contributed by atoms with van der Waals surface area (Å²) in [7, 11) is 1.51. The summed E-state index contributed by atoms with van der Waals surface area (Å²) < 4.78 is 10.6. The van der Waals surface area contributed by atoms with Crippen molar-refractivity contribution < 1.29 is 19.4 Å². The number of ether oxygens (including phenoxy) is 2. The minimum absolute atomic E-state index is 0.0145. The summed E-state index contributed by atoms with van der Waals surface area (Å²) >= 11 is 3.37. The molecule has 110 valence electrons. The number of alkyl halides is 1. The minimum Gasteiger partial charge on any atom is -0.507 e. The van der Waals surface area contributed by atoms with E-state index in [1.54, 1.807) is 17.0 Å². The molecule has 1 heterocycles. The minimum atomic E-state index is -0.188. The van der Waals surface area contributed by atoms with Gasteiger partial charge in [0.2, 0.25) is 0 Å². The Bertz CT molecular complexity index is 494. The lowest BCUT2D eigenvalue weighted by atomic mass is 10.1. The van der Waals surface area contributed by atoms with E-state index in [4.69, 9.17) is 9.47 Å². The van der Waals surface area contributed by atoms with Gasteiger partial charge in [-0.2, -0.15) is 0 Å². The number of phenolic OH excluding ortho intramolecular Hbond substituents is 1. The molecular weight excluding hydrogens is 326 g/mol. The van der Waals surface area contributed by atoms with Crippen molar-refractivity contribution in [1.29, 1.82) is 0 Å². The van der Waals surface area contributed by atoms with E-state index < -0.39 is 0 Å². The summed E-state index contributed by atoms with van der Waals surface area (Å²) in [6.07, 6.45) is -0.0180. The Labute approximate surface area is 126 Å². The molecule has 2 unspecified atom stereocenters. The highest BCUT2D eigenvalue weighted by Gasteiger charge is 2.30. The largest absolute Gasteiger partial charge is 0.507 e. The molecule has 1 aromatic rings. The molecular formula is C14H18BrNO4. The summed E-state index contributed by atoms with van der Waals surface area (Å²) in [5.74, 6) is 0.266. The number of methoxy groups -OCH3 is 1. The molecule has 1 fully saturated rings. The number of carbonyl (C=O) groups is 1. The topological polar surface area (TPSA) is 59.0 Å². The third kappa shape index (κ3) is 3.07. The number of hydrogen-bond acceptors (Lipinski definition) is 4. The number of phenols is 1. The number of hydrogen-bond donors (Lipinski definition) is 1. The number of carbonyl (C=O) groups excluding carboxylic acids is 1. The first kappa shape index (κ1) is 15.1. The van der Waals surface area contributed by atoms with E-state index in [1.165, 1.54) is 13.2 Å². The second-order valence-electron chi connectivity index (χ2n) is 4.80. The molecule has 1 amide bonds. The van der Waals surface area contributed by atoms with Gasteiger partial charge in [0, 0.05) is 17.9 Å². The maximum absolute atomic E-state index is 12.5. The van der Waals surface area contributed by atoms with Crippen molar-refractivity contribution in [3.63, 3.8) is 0 Å². The van der Waals surface area contributed by atoms with Crippen LogP contribution in [0.4, 0.5) is 0 Å². The molecule has 0 spiro atoms. The third-order valence-corrected chi connectivity index (χ3v) is 4.10. The van der Waals surface area contributed by atoms with Gasteiger partial charge in [0.1, 0.15) is 11.5 Å². The van der Waals surface area contributed by atoms with Gasteiger partial charge >= 0.3 is 0 Å². The van der Waals surface area contributed by atoms with Crippen LogP contribution in [0.2, 0.25) is 0 Å². The van der Waals surface area contributed by atoms with Gasteiger partial charge in [0.05, 0.1) is 31.4 Å². The summed E-state index contributed by atoms with van der Waals surface area (Å²) in [4.78, 5) is 14.3. The van der Waals surface area contributed by atoms with Gasteiger partial charge in [-0.25, -0.2) is 0 Å². The van der Waals surface area contributed by atoms with E-state index in [-0.39, 0.29) is 29.4 Å². The van der Waals surface area contributed by atoms with E-state index >= 15 is 0 Å². The fourth-order valence-electron chi connectivity index (χ4n) is 2.17. The van der Waals surface area contributed by atoms with Crippen LogP contribution < -0.4 is 4.74 Å². The van der Waals surface area contributed by atoms with E-state index in [1.807, 2.05) is 6.92 Å². The van der Waals surface area contributed by atoms with Gasteiger partial charge in [-0.05, 0) is 19.1 Å². The van der Waals surface area contributed by atoms with Crippen molar-refractivity contribution in [3.05, 3.63) is 23.8 Å². The van der Waals surface area contributed by atoms with Crippen molar-refractivity contribution in [2.45, 2.75) is 19.1 Å². The fourth-order valence-corrected chi connectivity index (χ4v) is 2.56. The Morgan fingerprint density at radius 1 is 1.60 bits per heavy atom. The molecule has 0 aliphatic carbocycles. The average Bonchev–Trinajstić information content (AvgIpc) is 2.47. The predicted molar refractivity (Wildman–Crippen MR) is 78.7 cm³/mol. The maximum Gasteiger partial charge on any atom is 0.258 e. The Morgan fingerprint density at radius 3 is 2.95 bits per heavy atom. The second-order valence-corrected chi connectivity index (χ2v) is 5.45. The SMILES string of the molecule is COc1ccc(C(=O)N2CC(CBr)OCC2C)c(O)c1. The zero-order chi connectivity index (χ0) is 14.7. The van der Waals surface area contributed by atoms with Gasteiger partial charge < -0.3 is 19.5 Å². The van der Waals surface area contributed by atoms with Crippen LogP contribution in [0.3, 0.4) is 0 Å². The number of rotatable bonds is 3. The monoisotopic (exact) mass is 343 g/mol. The maximum atomic E-state index is 12.5. The molecule has 2 rings (SSSR count). The van der Waals surface area contributed by atoms with E-state index in [2.05, 4.69) is 15.9 Å². The van der Waals surface area contributed by atoms with Crippen LogP contribution in [-0.2, 0) is 4.74 Å². The summed E-state index contributed by atoms with van der Waals surface area (Å²) in [6.45, 7) is 2.94. The van der Waals surface area contributed by atoms with Crippen molar-refractivity contribution in [3.8, 4) is 11.5 Å². The zero-order valence-electron chi connectivity index (χ0n) is 11.5. The predicted octanol–water partition coefficient (Wildman–Crippen LogP) is 2.03. The molecule has 0 saturated carbocycles. The highest BCUT2D eigenvalue weighted by molar-refractivity contribution is 9.09. The lowest BCUT2D eigenvalue weighted by Crippen LogP contribution is -2.51. The summed E-state index contributed by atoms with van der Waals surface area (Å²) in [5, 5.41) is 10.6. The van der Waals surface area contributed by atoms with Gasteiger partial charge in [0.15, 0.2) is 0 Å². The van der Waals surface area contributed by atoms with Crippen LogP contribution >= 0.6 is 15.9 Å². The Kier molecular flexibility index (Phi) is 4.88. The molecule has 1 N–H and O–H groups in total. The molecule has 1 aromatic carbocycles. The number of benzene rings is 1. The third-order valence-electron chi connectivity index (χ3n) is 3.37. The summed E-state index contributed by atoms with van der Waals surface area (Å²) in [6, 6.07) is 4.68. The number of aromatic hydroxyl groups is 1. The van der Waals surface area contributed by atoms with Gasteiger partial charge in [-0.1, -0.05) is 15.9 Å². The van der Waals surface area contributed by atoms with Gasteiger partial charge in [-0.3, -0.25) is 4.79 Å². The van der Waals surface area contributed by atoms with Crippen LogP contribution in [0.15, 0.2) is 18.2 Å². The number of amides is 1. The van der Waals surface area contributed by atoms with Crippen molar-refractivity contribution in [2.75, 3.05) is 25.6 Å².